The molecule has 0 aliphatic carbocycles. The number of esters is 1. The minimum Gasteiger partial charge on any atom is -0.468 e. The fourth-order valence-electron chi connectivity index (χ4n) is 1.90. The first-order valence-corrected chi connectivity index (χ1v) is 5.29. The van der Waals surface area contributed by atoms with Crippen molar-refractivity contribution in [2.45, 2.75) is 32.1 Å². The molecule has 0 saturated heterocycles. The third-order valence-corrected chi connectivity index (χ3v) is 2.80. The van der Waals surface area contributed by atoms with Gasteiger partial charge in [-0.05, 0) is 18.9 Å². The summed E-state index contributed by atoms with van der Waals surface area (Å²) < 4.78 is 4.88. The molecule has 0 amide bonds. The highest BCUT2D eigenvalue weighted by atomic mass is 16.5. The molecule has 0 radical (unpaired) electrons. The largest absolute Gasteiger partial charge is 0.468 e. The van der Waals surface area contributed by atoms with Gasteiger partial charge in [-0.3, -0.25) is 4.79 Å². The van der Waals surface area contributed by atoms with Crippen LogP contribution >= 0.6 is 0 Å². The maximum absolute atomic E-state index is 11.8. The quantitative estimate of drug-likeness (QED) is 0.708. The van der Waals surface area contributed by atoms with E-state index in [1.54, 1.807) is 0 Å². The van der Waals surface area contributed by atoms with Crippen LogP contribution in [0, 0.1) is 0 Å². The fourth-order valence-corrected chi connectivity index (χ4v) is 1.90. The molecule has 0 aliphatic rings. The lowest BCUT2D eigenvalue weighted by atomic mass is 9.79. The van der Waals surface area contributed by atoms with Crippen LogP contribution in [0.5, 0.6) is 0 Å². The van der Waals surface area contributed by atoms with Crippen LogP contribution in [-0.2, 0) is 14.9 Å². The van der Waals surface area contributed by atoms with Gasteiger partial charge in [0.05, 0.1) is 12.5 Å². The van der Waals surface area contributed by atoms with E-state index in [9.17, 15) is 4.79 Å². The zero-order chi connectivity index (χ0) is 11.3. The number of hydrogen-bond acceptors (Lipinski definition) is 2. The highest BCUT2D eigenvalue weighted by Crippen LogP contribution is 2.30. The molecule has 0 heterocycles. The van der Waals surface area contributed by atoms with E-state index >= 15 is 0 Å². The number of hydrogen-bond donors (Lipinski definition) is 0. The van der Waals surface area contributed by atoms with E-state index in [1.807, 2.05) is 37.3 Å². The molecule has 2 nitrogen and oxygen atoms in total. The third kappa shape index (κ3) is 2.38. The lowest BCUT2D eigenvalue weighted by Gasteiger charge is -2.26. The Bertz CT molecular complexity index is 319. The maximum Gasteiger partial charge on any atom is 0.315 e. The Hall–Kier alpha value is -1.31. The Morgan fingerprint density at radius 1 is 1.33 bits per heavy atom. The summed E-state index contributed by atoms with van der Waals surface area (Å²) in [6.07, 6.45) is 1.77. The molecule has 0 aromatic heterocycles. The SMILES string of the molecule is CCCC(C)(C(=O)OC)c1ccccc1. The molecule has 1 atom stereocenters. The van der Waals surface area contributed by atoms with Gasteiger partial charge in [0.1, 0.15) is 0 Å². The molecule has 0 fully saturated rings. The van der Waals surface area contributed by atoms with Crippen molar-refractivity contribution in [3.63, 3.8) is 0 Å². The molecule has 2 heteroatoms. The average molecular weight is 206 g/mol. The normalized spacial score (nSPS) is 14.3. The standard InChI is InChI=1S/C13H18O2/c1-4-10-13(2,12(14)15-3)11-8-6-5-7-9-11/h5-9H,4,10H2,1-3H3. The first-order valence-electron chi connectivity index (χ1n) is 5.29. The van der Waals surface area contributed by atoms with Crippen molar-refractivity contribution >= 4 is 5.97 Å². The third-order valence-electron chi connectivity index (χ3n) is 2.80. The van der Waals surface area contributed by atoms with E-state index in [1.165, 1.54) is 7.11 Å². The van der Waals surface area contributed by atoms with Crippen molar-refractivity contribution in [2.75, 3.05) is 7.11 Å². The number of benzene rings is 1. The molecule has 0 N–H and O–H groups in total. The van der Waals surface area contributed by atoms with Gasteiger partial charge in [-0.25, -0.2) is 0 Å². The van der Waals surface area contributed by atoms with Gasteiger partial charge < -0.3 is 4.74 Å². The minimum absolute atomic E-state index is 0.157. The van der Waals surface area contributed by atoms with Gasteiger partial charge >= 0.3 is 5.97 Å². The molecular weight excluding hydrogens is 188 g/mol. The van der Waals surface area contributed by atoms with Crippen molar-refractivity contribution in [1.82, 2.24) is 0 Å². The van der Waals surface area contributed by atoms with Crippen LogP contribution in [0.1, 0.15) is 32.3 Å². The number of carbonyl (C=O) groups is 1. The molecule has 82 valence electrons. The van der Waals surface area contributed by atoms with Crippen molar-refractivity contribution in [3.8, 4) is 0 Å². The second-order valence-electron chi connectivity index (χ2n) is 3.94. The predicted octanol–water partition coefficient (Wildman–Crippen LogP) is 2.92. The molecule has 1 aromatic rings. The summed E-state index contributed by atoms with van der Waals surface area (Å²) in [5.41, 5.74) is 0.517. The van der Waals surface area contributed by atoms with Crippen LogP contribution in [0.25, 0.3) is 0 Å². The zero-order valence-electron chi connectivity index (χ0n) is 9.62. The van der Waals surface area contributed by atoms with E-state index < -0.39 is 5.41 Å². The average Bonchev–Trinajstić information content (AvgIpc) is 2.29. The van der Waals surface area contributed by atoms with Crippen LogP contribution in [0.2, 0.25) is 0 Å². The molecule has 0 bridgehead atoms. The first-order chi connectivity index (χ1) is 7.15. The van der Waals surface area contributed by atoms with Gasteiger partial charge in [-0.1, -0.05) is 43.7 Å². The van der Waals surface area contributed by atoms with E-state index in [2.05, 4.69) is 6.92 Å². The minimum atomic E-state index is -0.509. The van der Waals surface area contributed by atoms with Crippen molar-refractivity contribution in [3.05, 3.63) is 35.9 Å². The first kappa shape index (κ1) is 11.8. The van der Waals surface area contributed by atoms with Gasteiger partial charge in [-0.2, -0.15) is 0 Å². The van der Waals surface area contributed by atoms with Gasteiger partial charge in [0.2, 0.25) is 0 Å². The second kappa shape index (κ2) is 4.96. The number of methoxy groups -OCH3 is 1. The van der Waals surface area contributed by atoms with Crippen LogP contribution < -0.4 is 0 Å². The van der Waals surface area contributed by atoms with E-state index in [0.717, 1.165) is 18.4 Å². The Morgan fingerprint density at radius 3 is 2.40 bits per heavy atom. The molecule has 1 aromatic carbocycles. The summed E-state index contributed by atoms with van der Waals surface area (Å²) >= 11 is 0. The van der Waals surface area contributed by atoms with E-state index in [0.29, 0.717) is 0 Å². The zero-order valence-corrected chi connectivity index (χ0v) is 9.62. The summed E-state index contributed by atoms with van der Waals surface area (Å²) in [6, 6.07) is 9.81. The van der Waals surface area contributed by atoms with Gasteiger partial charge in [0.15, 0.2) is 0 Å². The van der Waals surface area contributed by atoms with E-state index in [-0.39, 0.29) is 5.97 Å². The summed E-state index contributed by atoms with van der Waals surface area (Å²) in [5, 5.41) is 0. The molecular formula is C13H18O2. The molecule has 1 unspecified atom stereocenters. The predicted molar refractivity (Wildman–Crippen MR) is 60.7 cm³/mol. The number of rotatable bonds is 4. The summed E-state index contributed by atoms with van der Waals surface area (Å²) in [6.45, 7) is 4.02. The van der Waals surface area contributed by atoms with Crippen LogP contribution in [0.15, 0.2) is 30.3 Å². The van der Waals surface area contributed by atoms with E-state index in [4.69, 9.17) is 4.74 Å². The molecule has 0 spiro atoms. The Labute approximate surface area is 91.3 Å². The second-order valence-corrected chi connectivity index (χ2v) is 3.94. The lowest BCUT2D eigenvalue weighted by molar-refractivity contribution is -0.147. The summed E-state index contributed by atoms with van der Waals surface area (Å²) in [7, 11) is 1.44. The molecule has 15 heavy (non-hydrogen) atoms. The molecule has 1 rings (SSSR count). The maximum atomic E-state index is 11.8. The van der Waals surface area contributed by atoms with Crippen LogP contribution in [0.3, 0.4) is 0 Å². The number of ether oxygens (including phenoxy) is 1. The molecule has 0 saturated carbocycles. The van der Waals surface area contributed by atoms with Crippen molar-refractivity contribution in [1.29, 1.82) is 0 Å². The van der Waals surface area contributed by atoms with Gasteiger partial charge in [-0.15, -0.1) is 0 Å². The summed E-state index contributed by atoms with van der Waals surface area (Å²) in [4.78, 5) is 11.8. The number of carbonyl (C=O) groups excluding carboxylic acids is 1. The fraction of sp³-hybridized carbons (Fsp3) is 0.462. The van der Waals surface area contributed by atoms with Gasteiger partial charge in [0.25, 0.3) is 0 Å². The smallest absolute Gasteiger partial charge is 0.315 e. The monoisotopic (exact) mass is 206 g/mol. The Balaban J connectivity index is 3.06. The highest BCUT2D eigenvalue weighted by Gasteiger charge is 2.34. The van der Waals surface area contributed by atoms with Gasteiger partial charge in [0, 0.05) is 0 Å². The lowest BCUT2D eigenvalue weighted by Crippen LogP contribution is -2.33. The van der Waals surface area contributed by atoms with Crippen LogP contribution in [-0.4, -0.2) is 13.1 Å². The topological polar surface area (TPSA) is 26.3 Å². The highest BCUT2D eigenvalue weighted by molar-refractivity contribution is 5.82. The van der Waals surface area contributed by atoms with Crippen molar-refractivity contribution in [2.24, 2.45) is 0 Å². The van der Waals surface area contributed by atoms with Crippen LogP contribution in [0.4, 0.5) is 0 Å². The summed E-state index contributed by atoms with van der Waals surface area (Å²) in [5.74, 6) is -0.157. The Morgan fingerprint density at radius 2 is 1.93 bits per heavy atom. The molecule has 0 aliphatic heterocycles. The van der Waals surface area contributed by atoms with Crippen molar-refractivity contribution < 1.29 is 9.53 Å². The Kier molecular flexibility index (Phi) is 3.89.